The van der Waals surface area contributed by atoms with Gasteiger partial charge in [-0.1, -0.05) is 12.1 Å². The van der Waals surface area contributed by atoms with Crippen molar-refractivity contribution in [3.05, 3.63) is 42.7 Å². The van der Waals surface area contributed by atoms with Crippen molar-refractivity contribution in [3.63, 3.8) is 0 Å². The van der Waals surface area contributed by atoms with Crippen LogP contribution in [0.1, 0.15) is 25.7 Å². The molecule has 5 rings (SSSR count). The summed E-state index contributed by atoms with van der Waals surface area (Å²) < 4.78 is 7.42. The fourth-order valence-corrected chi connectivity index (χ4v) is 4.72. The van der Waals surface area contributed by atoms with Crippen molar-refractivity contribution in [1.29, 1.82) is 0 Å². The molecule has 2 aromatic heterocycles. The largest absolute Gasteiger partial charge is 0.396 e. The average Bonchev–Trinajstić information content (AvgIpc) is 3.25. The molecule has 2 fully saturated rings. The van der Waals surface area contributed by atoms with Crippen LogP contribution in [0.25, 0.3) is 16.8 Å². The zero-order valence-electron chi connectivity index (χ0n) is 17.3. The van der Waals surface area contributed by atoms with E-state index in [1.54, 1.807) is 0 Å². The molecule has 0 bridgehead atoms. The highest BCUT2D eigenvalue weighted by molar-refractivity contribution is 5.79. The lowest BCUT2D eigenvalue weighted by atomic mass is 9.99. The van der Waals surface area contributed by atoms with E-state index >= 15 is 0 Å². The summed E-state index contributed by atoms with van der Waals surface area (Å²) in [6, 6.07) is 11.1. The van der Waals surface area contributed by atoms with E-state index in [0.29, 0.717) is 6.04 Å². The van der Waals surface area contributed by atoms with Crippen LogP contribution < -0.4 is 9.80 Å². The lowest BCUT2D eigenvalue weighted by molar-refractivity contribution is 0.122. The fraction of sp³-hybridized carbons (Fsp3) is 0.478. The molecule has 0 spiro atoms. The van der Waals surface area contributed by atoms with Crippen molar-refractivity contribution in [2.45, 2.75) is 31.7 Å². The highest BCUT2D eigenvalue weighted by atomic mass is 16.5. The molecule has 1 aromatic carbocycles. The van der Waals surface area contributed by atoms with Gasteiger partial charge in [-0.2, -0.15) is 9.61 Å². The van der Waals surface area contributed by atoms with Crippen LogP contribution in [-0.2, 0) is 4.74 Å². The Hall–Kier alpha value is -2.64. The molecule has 2 saturated heterocycles. The Kier molecular flexibility index (Phi) is 5.55. The average molecular weight is 408 g/mol. The summed E-state index contributed by atoms with van der Waals surface area (Å²) in [7, 11) is 0. The molecule has 2 aliphatic rings. The Balaban J connectivity index is 1.46. The summed E-state index contributed by atoms with van der Waals surface area (Å²) in [5.74, 6) is 1.06. The number of piperidine rings is 1. The van der Waals surface area contributed by atoms with Gasteiger partial charge in [0.1, 0.15) is 5.82 Å². The minimum Gasteiger partial charge on any atom is -0.396 e. The van der Waals surface area contributed by atoms with Crippen molar-refractivity contribution in [3.8, 4) is 11.1 Å². The smallest absolute Gasteiger partial charge is 0.165 e. The molecule has 3 aromatic rings. The van der Waals surface area contributed by atoms with Gasteiger partial charge in [0.15, 0.2) is 5.65 Å². The van der Waals surface area contributed by atoms with Crippen LogP contribution in [0.3, 0.4) is 0 Å². The number of anilines is 2. The minimum atomic E-state index is 0.218. The predicted octanol–water partition coefficient (Wildman–Crippen LogP) is 2.97. The Morgan fingerprint density at radius 3 is 2.67 bits per heavy atom. The van der Waals surface area contributed by atoms with Crippen LogP contribution in [0.2, 0.25) is 0 Å². The number of fused-ring (bicyclic) bond motifs is 1. The zero-order chi connectivity index (χ0) is 20.3. The quantitative estimate of drug-likeness (QED) is 0.702. The molecule has 1 atom stereocenters. The zero-order valence-corrected chi connectivity index (χ0v) is 17.3. The Morgan fingerprint density at radius 2 is 1.87 bits per heavy atom. The number of hydrogen-bond acceptors (Lipinski definition) is 6. The number of rotatable bonds is 5. The van der Waals surface area contributed by atoms with E-state index in [0.717, 1.165) is 68.3 Å². The number of ether oxygens (including phenoxy) is 1. The predicted molar refractivity (Wildman–Crippen MR) is 118 cm³/mol. The SMILES string of the molecule is OCCC1CCCCN1c1ccnc2c(-c3ccc(N4CCOCC4)cc3)cnn12. The standard InChI is InChI=1S/C23H29N5O2/c29-14-9-20-3-1-2-11-27(20)22-8-10-24-23-21(17-25-28(22)23)18-4-6-19(7-5-18)26-12-15-30-16-13-26/h4-8,10,17,20,29H,1-3,9,11-16H2. The van der Waals surface area contributed by atoms with Gasteiger partial charge in [0.05, 0.1) is 19.4 Å². The summed E-state index contributed by atoms with van der Waals surface area (Å²) in [5.41, 5.74) is 4.27. The van der Waals surface area contributed by atoms with Crippen molar-refractivity contribution < 1.29 is 9.84 Å². The summed E-state index contributed by atoms with van der Waals surface area (Å²) in [5, 5.41) is 14.2. The summed E-state index contributed by atoms with van der Waals surface area (Å²) in [6.45, 7) is 4.66. The number of nitrogens with zero attached hydrogens (tertiary/aromatic N) is 5. The van der Waals surface area contributed by atoms with Crippen LogP contribution in [0, 0.1) is 0 Å². The van der Waals surface area contributed by atoms with Gasteiger partial charge in [0.2, 0.25) is 0 Å². The first kappa shape index (κ1) is 19.3. The lowest BCUT2D eigenvalue weighted by Crippen LogP contribution is -2.41. The molecule has 0 radical (unpaired) electrons. The van der Waals surface area contributed by atoms with Crippen LogP contribution in [0.4, 0.5) is 11.5 Å². The van der Waals surface area contributed by atoms with E-state index in [2.05, 4.69) is 39.0 Å². The molecule has 30 heavy (non-hydrogen) atoms. The maximum Gasteiger partial charge on any atom is 0.165 e. The second-order valence-electron chi connectivity index (χ2n) is 8.10. The first-order chi connectivity index (χ1) is 14.8. The molecule has 7 heteroatoms. The van der Waals surface area contributed by atoms with E-state index in [-0.39, 0.29) is 6.61 Å². The third kappa shape index (κ3) is 3.63. The van der Waals surface area contributed by atoms with Crippen LogP contribution in [0.5, 0.6) is 0 Å². The molecule has 1 unspecified atom stereocenters. The van der Waals surface area contributed by atoms with Crippen LogP contribution in [0.15, 0.2) is 42.7 Å². The van der Waals surface area contributed by atoms with Crippen LogP contribution >= 0.6 is 0 Å². The number of morpholine rings is 1. The summed E-state index contributed by atoms with van der Waals surface area (Å²) in [6.07, 6.45) is 8.09. The maximum atomic E-state index is 9.49. The molecule has 0 aliphatic carbocycles. The first-order valence-corrected chi connectivity index (χ1v) is 11.0. The van der Waals surface area contributed by atoms with Gasteiger partial charge in [-0.05, 0) is 49.4 Å². The molecule has 4 heterocycles. The maximum absolute atomic E-state index is 9.49. The summed E-state index contributed by atoms with van der Waals surface area (Å²) >= 11 is 0. The lowest BCUT2D eigenvalue weighted by Gasteiger charge is -2.37. The second kappa shape index (κ2) is 8.62. The molecule has 2 aliphatic heterocycles. The molecule has 158 valence electrons. The topological polar surface area (TPSA) is 66.1 Å². The monoisotopic (exact) mass is 407 g/mol. The van der Waals surface area contributed by atoms with Crippen molar-refractivity contribution in [1.82, 2.24) is 14.6 Å². The Bertz CT molecular complexity index is 979. The van der Waals surface area contributed by atoms with Gasteiger partial charge in [0, 0.05) is 49.7 Å². The number of aliphatic hydroxyl groups is 1. The van der Waals surface area contributed by atoms with Crippen molar-refractivity contribution in [2.75, 3.05) is 49.3 Å². The molecule has 7 nitrogen and oxygen atoms in total. The Morgan fingerprint density at radius 1 is 1.03 bits per heavy atom. The first-order valence-electron chi connectivity index (χ1n) is 11.0. The van der Waals surface area contributed by atoms with Gasteiger partial charge < -0.3 is 19.6 Å². The van der Waals surface area contributed by atoms with Crippen molar-refractivity contribution in [2.24, 2.45) is 0 Å². The molecular weight excluding hydrogens is 378 g/mol. The fourth-order valence-electron chi connectivity index (χ4n) is 4.72. The normalized spacial score (nSPS) is 20.1. The second-order valence-corrected chi connectivity index (χ2v) is 8.10. The van der Waals surface area contributed by atoms with E-state index in [4.69, 9.17) is 9.84 Å². The van der Waals surface area contributed by atoms with Gasteiger partial charge in [-0.3, -0.25) is 0 Å². The third-order valence-electron chi connectivity index (χ3n) is 6.32. The number of hydrogen-bond donors (Lipinski definition) is 1. The molecular formula is C23H29N5O2. The third-order valence-corrected chi connectivity index (χ3v) is 6.32. The molecule has 0 amide bonds. The molecule has 1 N–H and O–H groups in total. The van der Waals surface area contributed by atoms with Gasteiger partial charge in [-0.25, -0.2) is 4.98 Å². The van der Waals surface area contributed by atoms with Crippen molar-refractivity contribution >= 4 is 17.2 Å². The highest BCUT2D eigenvalue weighted by Crippen LogP contribution is 2.31. The van der Waals surface area contributed by atoms with Gasteiger partial charge in [0.25, 0.3) is 0 Å². The summed E-state index contributed by atoms with van der Waals surface area (Å²) in [4.78, 5) is 9.41. The van der Waals surface area contributed by atoms with E-state index in [9.17, 15) is 5.11 Å². The van der Waals surface area contributed by atoms with E-state index in [1.165, 1.54) is 18.5 Å². The molecule has 0 saturated carbocycles. The Labute approximate surface area is 176 Å². The number of benzene rings is 1. The van der Waals surface area contributed by atoms with Crippen LogP contribution in [-0.4, -0.2) is 65.2 Å². The minimum absolute atomic E-state index is 0.218. The number of aliphatic hydroxyl groups excluding tert-OH is 1. The van der Waals surface area contributed by atoms with Gasteiger partial charge in [-0.15, -0.1) is 0 Å². The number of aromatic nitrogens is 3. The van der Waals surface area contributed by atoms with Gasteiger partial charge >= 0.3 is 0 Å². The van der Waals surface area contributed by atoms with E-state index in [1.807, 2.05) is 23.0 Å². The highest BCUT2D eigenvalue weighted by Gasteiger charge is 2.25. The van der Waals surface area contributed by atoms with E-state index < -0.39 is 0 Å².